The highest BCUT2D eigenvalue weighted by atomic mass is 32.1. The molecule has 0 atom stereocenters. The molecular weight excluding hydrogens is 349 g/mol. The van der Waals surface area contributed by atoms with Crippen molar-refractivity contribution in [3.63, 3.8) is 0 Å². The number of thiophene rings is 1. The molecule has 5 heteroatoms. The summed E-state index contributed by atoms with van der Waals surface area (Å²) < 4.78 is 20.5. The van der Waals surface area contributed by atoms with Gasteiger partial charge in [0, 0.05) is 12.7 Å². The van der Waals surface area contributed by atoms with Gasteiger partial charge in [-0.05, 0) is 41.3 Å². The quantitative estimate of drug-likeness (QED) is 0.571. The van der Waals surface area contributed by atoms with Crippen molar-refractivity contribution in [1.29, 1.82) is 0 Å². The molecule has 0 aliphatic heterocycles. The lowest BCUT2D eigenvalue weighted by Crippen LogP contribution is -2.05. The second kappa shape index (κ2) is 9.15. The minimum Gasteiger partial charge on any atom is -0.496 e. The van der Waals surface area contributed by atoms with Crippen LogP contribution in [-0.4, -0.2) is 19.9 Å². The lowest BCUT2D eigenvalue weighted by atomic mass is 9.98. The summed E-state index contributed by atoms with van der Waals surface area (Å²) in [6.07, 6.45) is 0. The van der Waals surface area contributed by atoms with Gasteiger partial charge in [0.05, 0.1) is 23.1 Å². The van der Waals surface area contributed by atoms with E-state index in [9.17, 15) is 4.79 Å². The summed E-state index contributed by atoms with van der Waals surface area (Å²) >= 11 is 1.29. The number of methoxy groups -OCH3 is 1. The molecule has 0 fully saturated rings. The van der Waals surface area contributed by atoms with E-state index in [2.05, 4.69) is 5.32 Å². The molecule has 3 nitrogen and oxygen atoms in total. The van der Waals surface area contributed by atoms with E-state index in [4.69, 9.17) is 4.74 Å². The zero-order valence-corrected chi connectivity index (χ0v) is 16.1. The van der Waals surface area contributed by atoms with Crippen molar-refractivity contribution in [2.45, 2.75) is 13.8 Å². The molecule has 136 valence electrons. The summed E-state index contributed by atoms with van der Waals surface area (Å²) in [4.78, 5) is 13.1. The van der Waals surface area contributed by atoms with Gasteiger partial charge in [0.1, 0.15) is 11.6 Å². The van der Waals surface area contributed by atoms with Crippen LogP contribution in [0.5, 0.6) is 5.75 Å². The third kappa shape index (κ3) is 3.94. The van der Waals surface area contributed by atoms with Crippen molar-refractivity contribution in [1.82, 2.24) is 0 Å². The summed E-state index contributed by atoms with van der Waals surface area (Å²) in [5.74, 6) is -0.499. The topological polar surface area (TPSA) is 38.3 Å². The van der Waals surface area contributed by atoms with Gasteiger partial charge in [-0.15, -0.1) is 11.3 Å². The molecule has 0 aliphatic carbocycles. The zero-order valence-electron chi connectivity index (χ0n) is 15.3. The second-order valence-electron chi connectivity index (χ2n) is 5.14. The Morgan fingerprint density at radius 1 is 1.12 bits per heavy atom. The van der Waals surface area contributed by atoms with Gasteiger partial charge in [-0.2, -0.15) is 0 Å². The lowest BCUT2D eigenvalue weighted by Gasteiger charge is -2.13. The van der Waals surface area contributed by atoms with E-state index in [1.54, 1.807) is 36.7 Å². The van der Waals surface area contributed by atoms with E-state index in [1.807, 2.05) is 32.0 Å². The summed E-state index contributed by atoms with van der Waals surface area (Å²) in [6.45, 7) is 4.00. The molecule has 1 heterocycles. The van der Waals surface area contributed by atoms with Crippen molar-refractivity contribution in [3.05, 3.63) is 70.2 Å². The highest BCUT2D eigenvalue weighted by Crippen LogP contribution is 2.36. The molecule has 26 heavy (non-hydrogen) atoms. The van der Waals surface area contributed by atoms with Crippen LogP contribution in [0.15, 0.2) is 53.9 Å². The number of halogens is 1. The number of carbonyl (C=O) groups is 1. The van der Waals surface area contributed by atoms with Crippen molar-refractivity contribution in [2.24, 2.45) is 0 Å². The standard InChI is InChI=1S/C19H16FNO2S.C2H6/c1-21-13-6-3-5-12(11-13)17-15(23-2)9-8-14(18(17)20)19(22)16-7-4-10-24-16;1-2/h3-11,21H,1-2H3;1-2H3. The fourth-order valence-electron chi connectivity index (χ4n) is 2.54. The Hall–Kier alpha value is -2.66. The molecule has 0 bridgehead atoms. The normalized spacial score (nSPS) is 9.88. The Labute approximate surface area is 157 Å². The molecule has 0 saturated carbocycles. The van der Waals surface area contributed by atoms with Gasteiger partial charge in [0.25, 0.3) is 0 Å². The van der Waals surface area contributed by atoms with E-state index < -0.39 is 5.82 Å². The SMILES string of the molecule is CC.CNc1cccc(-c2c(OC)ccc(C(=O)c3cccs3)c2F)c1. The molecule has 1 N–H and O–H groups in total. The molecule has 3 aromatic rings. The van der Waals surface area contributed by atoms with E-state index in [-0.39, 0.29) is 16.9 Å². The maximum absolute atomic E-state index is 15.2. The summed E-state index contributed by atoms with van der Waals surface area (Å²) in [5, 5.41) is 4.82. The average molecular weight is 371 g/mol. The van der Waals surface area contributed by atoms with Gasteiger partial charge in [-0.3, -0.25) is 4.79 Å². The van der Waals surface area contributed by atoms with Crippen molar-refractivity contribution < 1.29 is 13.9 Å². The number of ketones is 1. The Balaban J connectivity index is 0.00000117. The van der Waals surface area contributed by atoms with Crippen LogP contribution in [0.2, 0.25) is 0 Å². The number of carbonyl (C=O) groups excluding carboxylic acids is 1. The van der Waals surface area contributed by atoms with Gasteiger partial charge in [0.2, 0.25) is 5.78 Å². The largest absolute Gasteiger partial charge is 0.496 e. The number of ether oxygens (including phenoxy) is 1. The molecule has 2 aromatic carbocycles. The molecule has 0 spiro atoms. The number of nitrogens with one attached hydrogen (secondary N) is 1. The predicted octanol–water partition coefficient (Wildman–Crippen LogP) is 5.86. The minimum atomic E-state index is -0.569. The maximum atomic E-state index is 15.2. The number of hydrogen-bond acceptors (Lipinski definition) is 4. The number of benzene rings is 2. The maximum Gasteiger partial charge on any atom is 0.205 e. The first-order chi connectivity index (χ1) is 12.7. The molecule has 1 aromatic heterocycles. The zero-order chi connectivity index (χ0) is 19.1. The molecule has 0 amide bonds. The van der Waals surface area contributed by atoms with Gasteiger partial charge in [0.15, 0.2) is 0 Å². The van der Waals surface area contributed by atoms with E-state index in [1.165, 1.54) is 24.5 Å². The fourth-order valence-corrected chi connectivity index (χ4v) is 3.22. The molecule has 0 saturated heterocycles. The van der Waals surface area contributed by atoms with Crippen LogP contribution in [0.25, 0.3) is 11.1 Å². The Kier molecular flexibility index (Phi) is 6.92. The summed E-state index contributed by atoms with van der Waals surface area (Å²) in [5.41, 5.74) is 1.83. The van der Waals surface area contributed by atoms with Crippen molar-refractivity contribution in [2.75, 3.05) is 19.5 Å². The highest BCUT2D eigenvalue weighted by Gasteiger charge is 2.21. The Morgan fingerprint density at radius 3 is 2.50 bits per heavy atom. The van der Waals surface area contributed by atoms with Crippen LogP contribution in [-0.2, 0) is 0 Å². The molecule has 0 unspecified atom stereocenters. The van der Waals surface area contributed by atoms with Crippen LogP contribution in [0.4, 0.5) is 10.1 Å². The minimum absolute atomic E-state index is 0.0445. The van der Waals surface area contributed by atoms with E-state index in [0.717, 1.165) is 5.69 Å². The Morgan fingerprint density at radius 2 is 1.88 bits per heavy atom. The van der Waals surface area contributed by atoms with Crippen LogP contribution in [0, 0.1) is 5.82 Å². The summed E-state index contributed by atoms with van der Waals surface area (Å²) in [7, 11) is 3.28. The molecular formula is C21H22FNO2S. The third-order valence-electron chi connectivity index (χ3n) is 3.75. The second-order valence-corrected chi connectivity index (χ2v) is 6.09. The van der Waals surface area contributed by atoms with Crippen LogP contribution >= 0.6 is 11.3 Å². The van der Waals surface area contributed by atoms with Crippen LogP contribution in [0.1, 0.15) is 29.1 Å². The fraction of sp³-hybridized carbons (Fsp3) is 0.190. The predicted molar refractivity (Wildman–Crippen MR) is 107 cm³/mol. The third-order valence-corrected chi connectivity index (χ3v) is 4.62. The highest BCUT2D eigenvalue weighted by molar-refractivity contribution is 7.12. The molecule has 0 radical (unpaired) electrons. The van der Waals surface area contributed by atoms with Gasteiger partial charge in [-0.25, -0.2) is 4.39 Å². The average Bonchev–Trinajstić information content (AvgIpc) is 3.23. The molecule has 3 rings (SSSR count). The summed E-state index contributed by atoms with van der Waals surface area (Å²) in [6, 6.07) is 13.9. The van der Waals surface area contributed by atoms with E-state index in [0.29, 0.717) is 16.2 Å². The van der Waals surface area contributed by atoms with Crippen molar-refractivity contribution in [3.8, 4) is 16.9 Å². The number of anilines is 1. The molecule has 0 aliphatic rings. The first kappa shape index (κ1) is 19.7. The first-order valence-corrected chi connectivity index (χ1v) is 9.26. The van der Waals surface area contributed by atoms with Crippen LogP contribution < -0.4 is 10.1 Å². The Bertz CT molecular complexity index is 876. The smallest absolute Gasteiger partial charge is 0.205 e. The lowest BCUT2D eigenvalue weighted by molar-refractivity contribution is 0.103. The number of hydrogen-bond donors (Lipinski definition) is 1. The van der Waals surface area contributed by atoms with E-state index >= 15 is 4.39 Å². The first-order valence-electron chi connectivity index (χ1n) is 8.38. The van der Waals surface area contributed by atoms with Gasteiger partial charge >= 0.3 is 0 Å². The number of rotatable bonds is 5. The van der Waals surface area contributed by atoms with Gasteiger partial charge in [-0.1, -0.05) is 32.0 Å². The van der Waals surface area contributed by atoms with Crippen molar-refractivity contribution >= 4 is 22.8 Å². The van der Waals surface area contributed by atoms with Gasteiger partial charge < -0.3 is 10.1 Å². The monoisotopic (exact) mass is 371 g/mol. The van der Waals surface area contributed by atoms with Crippen LogP contribution in [0.3, 0.4) is 0 Å².